The van der Waals surface area contributed by atoms with E-state index >= 15 is 0 Å². The van der Waals surface area contributed by atoms with E-state index in [1.165, 1.54) is 0 Å². The van der Waals surface area contributed by atoms with E-state index in [1.807, 2.05) is 62.3 Å². The van der Waals surface area contributed by atoms with Crippen LogP contribution in [0.25, 0.3) is 21.8 Å². The monoisotopic (exact) mass is 377 g/mol. The molecular weight excluding hydrogens is 352 g/mol. The van der Waals surface area contributed by atoms with Crippen LogP contribution in [0.2, 0.25) is 0 Å². The van der Waals surface area contributed by atoms with E-state index in [0.29, 0.717) is 18.5 Å². The van der Waals surface area contributed by atoms with E-state index in [-0.39, 0.29) is 6.42 Å². The Morgan fingerprint density at radius 3 is 1.89 bits per heavy atom. The SMILES string of the molecule is CN(C)c1ccc2c(C#N)c3ccc(N(C)C)cc3[n+](CCCC(=O)O)c2c1. The number of carboxylic acids is 1. The third-order valence-corrected chi connectivity index (χ3v) is 5.00. The van der Waals surface area contributed by atoms with Gasteiger partial charge in [0.05, 0.1) is 22.8 Å². The molecule has 144 valence electrons. The molecular formula is C22H25N4O2+. The minimum absolute atomic E-state index is 0.108. The van der Waals surface area contributed by atoms with Crippen LogP contribution in [0.3, 0.4) is 0 Å². The molecule has 0 radical (unpaired) electrons. The molecule has 3 aromatic rings. The number of anilines is 2. The summed E-state index contributed by atoms with van der Waals surface area (Å²) in [5.74, 6) is -0.800. The second-order valence-electron chi connectivity index (χ2n) is 7.33. The molecule has 0 aliphatic rings. The molecule has 0 atom stereocenters. The van der Waals surface area contributed by atoms with Gasteiger partial charge in [-0.1, -0.05) is 0 Å². The van der Waals surface area contributed by atoms with Gasteiger partial charge in [-0.25, -0.2) is 0 Å². The van der Waals surface area contributed by atoms with Gasteiger partial charge in [0, 0.05) is 58.1 Å². The van der Waals surface area contributed by atoms with Gasteiger partial charge in [0.2, 0.25) is 11.0 Å². The first-order chi connectivity index (χ1) is 13.3. The number of hydrogen-bond donors (Lipinski definition) is 1. The highest BCUT2D eigenvalue weighted by Gasteiger charge is 2.22. The van der Waals surface area contributed by atoms with Gasteiger partial charge < -0.3 is 14.9 Å². The first-order valence-corrected chi connectivity index (χ1v) is 9.23. The molecule has 1 N–H and O–H groups in total. The van der Waals surface area contributed by atoms with Gasteiger partial charge in [-0.3, -0.25) is 4.79 Å². The Bertz CT molecular complexity index is 1030. The Morgan fingerprint density at radius 2 is 1.50 bits per heavy atom. The molecule has 1 aromatic heterocycles. The minimum atomic E-state index is -0.800. The summed E-state index contributed by atoms with van der Waals surface area (Å²) in [6.07, 6.45) is 0.630. The van der Waals surface area contributed by atoms with Crippen molar-refractivity contribution in [3.05, 3.63) is 42.0 Å². The number of rotatable bonds is 6. The lowest BCUT2D eigenvalue weighted by Crippen LogP contribution is -2.36. The number of aromatic nitrogens is 1. The van der Waals surface area contributed by atoms with Gasteiger partial charge in [-0.05, 0) is 24.3 Å². The highest BCUT2D eigenvalue weighted by atomic mass is 16.4. The van der Waals surface area contributed by atoms with Crippen LogP contribution in [-0.4, -0.2) is 39.3 Å². The van der Waals surface area contributed by atoms with Crippen LogP contribution in [0.5, 0.6) is 0 Å². The predicted molar refractivity (Wildman–Crippen MR) is 112 cm³/mol. The number of nitriles is 1. The number of aryl methyl sites for hydroxylation is 1. The topological polar surface area (TPSA) is 71.5 Å². The minimum Gasteiger partial charge on any atom is -0.481 e. The maximum atomic E-state index is 11.0. The molecule has 0 amide bonds. The molecule has 1 heterocycles. The second kappa shape index (κ2) is 7.73. The lowest BCUT2D eigenvalue weighted by Gasteiger charge is -2.16. The molecule has 0 saturated heterocycles. The third kappa shape index (κ3) is 3.56. The average molecular weight is 377 g/mol. The van der Waals surface area contributed by atoms with Crippen LogP contribution in [0.4, 0.5) is 11.4 Å². The fraction of sp³-hybridized carbons (Fsp3) is 0.318. The van der Waals surface area contributed by atoms with Crippen LogP contribution >= 0.6 is 0 Å². The lowest BCUT2D eigenvalue weighted by molar-refractivity contribution is -0.645. The zero-order valence-electron chi connectivity index (χ0n) is 16.7. The molecule has 0 spiro atoms. The van der Waals surface area contributed by atoms with Crippen LogP contribution in [0.15, 0.2) is 36.4 Å². The molecule has 0 saturated carbocycles. The number of nitrogens with zero attached hydrogens (tertiary/aromatic N) is 4. The number of carbonyl (C=O) groups is 1. The maximum Gasteiger partial charge on any atom is 0.303 e. The molecule has 2 aromatic carbocycles. The van der Waals surface area contributed by atoms with Crippen LogP contribution in [0, 0.1) is 11.3 Å². The normalized spacial score (nSPS) is 10.8. The van der Waals surface area contributed by atoms with E-state index in [2.05, 4.69) is 22.8 Å². The van der Waals surface area contributed by atoms with E-state index < -0.39 is 5.97 Å². The number of aliphatic carboxylic acids is 1. The van der Waals surface area contributed by atoms with Crippen molar-refractivity contribution >= 4 is 39.1 Å². The Balaban J connectivity index is 2.37. The van der Waals surface area contributed by atoms with E-state index in [4.69, 9.17) is 5.11 Å². The fourth-order valence-corrected chi connectivity index (χ4v) is 3.49. The van der Waals surface area contributed by atoms with Gasteiger partial charge >= 0.3 is 5.97 Å². The Hall–Kier alpha value is -3.33. The van der Waals surface area contributed by atoms with Gasteiger partial charge in [0.25, 0.3) is 0 Å². The summed E-state index contributed by atoms with van der Waals surface area (Å²) in [6, 6.07) is 14.5. The van der Waals surface area contributed by atoms with Gasteiger partial charge in [0.1, 0.15) is 12.6 Å². The summed E-state index contributed by atoms with van der Waals surface area (Å²) in [6.45, 7) is 0.568. The number of fused-ring (bicyclic) bond motifs is 2. The Labute approximate surface area is 164 Å². The number of pyridine rings is 1. The summed E-state index contributed by atoms with van der Waals surface area (Å²) in [4.78, 5) is 15.1. The van der Waals surface area contributed by atoms with Gasteiger partial charge in [-0.2, -0.15) is 9.83 Å². The van der Waals surface area contributed by atoms with Crippen LogP contribution in [-0.2, 0) is 11.3 Å². The van der Waals surface area contributed by atoms with E-state index in [1.54, 1.807) is 0 Å². The number of hydrogen-bond acceptors (Lipinski definition) is 4. The van der Waals surface area contributed by atoms with Crippen molar-refractivity contribution in [2.24, 2.45) is 0 Å². The molecule has 28 heavy (non-hydrogen) atoms. The molecule has 6 heteroatoms. The van der Waals surface area contributed by atoms with E-state index in [9.17, 15) is 10.1 Å². The Morgan fingerprint density at radius 1 is 1.00 bits per heavy atom. The number of benzene rings is 2. The molecule has 0 bridgehead atoms. The van der Waals surface area contributed by atoms with E-state index in [0.717, 1.165) is 33.2 Å². The van der Waals surface area contributed by atoms with Crippen molar-refractivity contribution in [1.29, 1.82) is 5.26 Å². The molecule has 0 fully saturated rings. The first-order valence-electron chi connectivity index (χ1n) is 9.23. The summed E-state index contributed by atoms with van der Waals surface area (Å²) in [5.41, 5.74) is 4.60. The molecule has 0 unspecified atom stereocenters. The smallest absolute Gasteiger partial charge is 0.303 e. The third-order valence-electron chi connectivity index (χ3n) is 5.00. The highest BCUT2D eigenvalue weighted by molar-refractivity contribution is 5.98. The molecule has 6 nitrogen and oxygen atoms in total. The highest BCUT2D eigenvalue weighted by Crippen LogP contribution is 2.29. The largest absolute Gasteiger partial charge is 0.481 e. The maximum absolute atomic E-state index is 11.0. The zero-order chi connectivity index (χ0) is 20.4. The van der Waals surface area contributed by atoms with Crippen molar-refractivity contribution in [2.75, 3.05) is 38.0 Å². The van der Waals surface area contributed by atoms with Crippen molar-refractivity contribution < 1.29 is 14.5 Å². The number of carboxylic acid groups (broad SMARTS) is 1. The fourth-order valence-electron chi connectivity index (χ4n) is 3.49. The Kier molecular flexibility index (Phi) is 5.36. The summed E-state index contributed by atoms with van der Waals surface area (Å²) in [5, 5.41) is 20.7. The van der Waals surface area contributed by atoms with Gasteiger partial charge in [0.15, 0.2) is 0 Å². The summed E-state index contributed by atoms with van der Waals surface area (Å²) in [7, 11) is 7.91. The molecule has 3 rings (SSSR count). The van der Waals surface area contributed by atoms with Crippen LogP contribution in [0.1, 0.15) is 18.4 Å². The first kappa shape index (κ1) is 19.4. The standard InChI is InChI=1S/C22H24N4O2/c1-24(2)15-7-9-17-19(14-23)18-10-8-16(25(3)4)13-21(18)26(20(17)12-15)11-5-6-22(27)28/h7-10,12-13H,5-6,11H2,1-4H3/p+1. The average Bonchev–Trinajstić information content (AvgIpc) is 2.66. The van der Waals surface area contributed by atoms with Crippen molar-refractivity contribution in [3.8, 4) is 6.07 Å². The van der Waals surface area contributed by atoms with Gasteiger partial charge in [-0.15, -0.1) is 0 Å². The summed E-state index contributed by atoms with van der Waals surface area (Å²) >= 11 is 0. The lowest BCUT2D eigenvalue weighted by atomic mass is 10.0. The predicted octanol–water partition coefficient (Wildman–Crippen LogP) is 3.15. The zero-order valence-corrected chi connectivity index (χ0v) is 16.7. The quantitative estimate of drug-likeness (QED) is 0.528. The van der Waals surface area contributed by atoms with Crippen molar-refractivity contribution in [1.82, 2.24) is 0 Å². The summed E-state index contributed by atoms with van der Waals surface area (Å²) < 4.78 is 2.15. The van der Waals surface area contributed by atoms with Crippen LogP contribution < -0.4 is 14.4 Å². The van der Waals surface area contributed by atoms with Crippen molar-refractivity contribution in [3.63, 3.8) is 0 Å². The molecule has 0 aliphatic heterocycles. The van der Waals surface area contributed by atoms with Crippen molar-refractivity contribution in [2.45, 2.75) is 19.4 Å². The molecule has 0 aliphatic carbocycles. The second-order valence-corrected chi connectivity index (χ2v) is 7.33.